The quantitative estimate of drug-likeness (QED) is 0.509. The molecule has 2 heterocycles. The fraction of sp³-hybridized carbons (Fsp3) is 0.185. The number of para-hydroxylation sites is 2. The van der Waals surface area contributed by atoms with E-state index in [0.29, 0.717) is 37.4 Å². The molecule has 0 spiro atoms. The van der Waals surface area contributed by atoms with Crippen molar-refractivity contribution in [2.75, 3.05) is 31.1 Å². The van der Waals surface area contributed by atoms with E-state index in [4.69, 9.17) is 5.10 Å². The minimum Gasteiger partial charge on any atom is -0.506 e. The summed E-state index contributed by atoms with van der Waals surface area (Å²) >= 11 is 0. The Morgan fingerprint density at radius 2 is 1.52 bits per heavy atom. The van der Waals surface area contributed by atoms with Crippen molar-refractivity contribution in [3.05, 3.63) is 96.2 Å². The molecule has 5 rings (SSSR count). The first-order chi connectivity index (χ1) is 16.1. The number of carbonyl (C=O) groups excluding carboxylic acids is 1. The molecule has 0 radical (unpaired) electrons. The van der Waals surface area contributed by atoms with Gasteiger partial charge < -0.3 is 14.9 Å². The van der Waals surface area contributed by atoms with E-state index in [0.717, 1.165) is 16.9 Å². The molecule has 1 aliphatic heterocycles. The van der Waals surface area contributed by atoms with Gasteiger partial charge in [0.15, 0.2) is 0 Å². The van der Waals surface area contributed by atoms with E-state index in [2.05, 4.69) is 4.90 Å². The smallest absolute Gasteiger partial charge is 0.257 e. The number of phenolic OH excluding ortho intramolecular Hbond substituents is 1. The van der Waals surface area contributed by atoms with E-state index in [1.54, 1.807) is 10.7 Å². The monoisotopic (exact) mass is 438 g/mol. The average Bonchev–Trinajstić information content (AvgIpc) is 3.31. The molecule has 6 nitrogen and oxygen atoms in total. The third kappa shape index (κ3) is 4.20. The Bertz CT molecular complexity index is 1260. The Kier molecular flexibility index (Phi) is 5.57. The lowest BCUT2D eigenvalue weighted by Gasteiger charge is -2.36. The molecule has 1 N–H and O–H groups in total. The minimum atomic E-state index is -0.0239. The minimum absolute atomic E-state index is 0.0239. The number of aromatic nitrogens is 2. The van der Waals surface area contributed by atoms with Crippen LogP contribution >= 0.6 is 0 Å². The number of piperazine rings is 1. The third-order valence-electron chi connectivity index (χ3n) is 6.08. The Balaban J connectivity index is 1.42. The van der Waals surface area contributed by atoms with E-state index in [1.807, 2.05) is 90.8 Å². The number of rotatable bonds is 4. The molecule has 1 amide bonds. The number of amides is 1. The van der Waals surface area contributed by atoms with Gasteiger partial charge in [0.05, 0.1) is 16.9 Å². The van der Waals surface area contributed by atoms with E-state index < -0.39 is 0 Å². The molecule has 6 heteroatoms. The average molecular weight is 439 g/mol. The summed E-state index contributed by atoms with van der Waals surface area (Å²) in [6.07, 6.45) is 1.84. The lowest BCUT2D eigenvalue weighted by atomic mass is 10.1. The van der Waals surface area contributed by atoms with Crippen molar-refractivity contribution in [2.24, 2.45) is 0 Å². The maximum Gasteiger partial charge on any atom is 0.257 e. The van der Waals surface area contributed by atoms with Gasteiger partial charge in [-0.2, -0.15) is 5.10 Å². The molecule has 0 unspecified atom stereocenters. The van der Waals surface area contributed by atoms with Crippen molar-refractivity contribution < 1.29 is 9.90 Å². The van der Waals surface area contributed by atoms with Crippen LogP contribution in [-0.4, -0.2) is 51.9 Å². The molecule has 0 atom stereocenters. The standard InChI is InChI=1S/C27H26N4O2/c1-20-11-13-22(14-12-20)31-19-23(26(28-31)21-7-3-2-4-8-21)27(33)30-17-15-29(16-18-30)24-9-5-6-10-25(24)32/h2-14,19,32H,15-18H2,1H3. The van der Waals surface area contributed by atoms with Gasteiger partial charge in [0.2, 0.25) is 0 Å². The van der Waals surface area contributed by atoms with Gasteiger partial charge in [-0.15, -0.1) is 0 Å². The predicted octanol–water partition coefficient (Wildman–Crippen LogP) is 4.52. The van der Waals surface area contributed by atoms with Crippen LogP contribution < -0.4 is 4.90 Å². The third-order valence-corrected chi connectivity index (χ3v) is 6.08. The second-order valence-corrected chi connectivity index (χ2v) is 8.31. The van der Waals surface area contributed by atoms with Crippen molar-refractivity contribution in [2.45, 2.75) is 6.92 Å². The predicted molar refractivity (Wildman–Crippen MR) is 130 cm³/mol. The van der Waals surface area contributed by atoms with Crippen LogP contribution in [-0.2, 0) is 0 Å². The van der Waals surface area contributed by atoms with Crippen LogP contribution in [0.1, 0.15) is 15.9 Å². The summed E-state index contributed by atoms with van der Waals surface area (Å²) in [5, 5.41) is 15.0. The highest BCUT2D eigenvalue weighted by molar-refractivity contribution is 6.00. The Hall–Kier alpha value is -4.06. The fourth-order valence-corrected chi connectivity index (χ4v) is 4.22. The summed E-state index contributed by atoms with van der Waals surface area (Å²) < 4.78 is 1.78. The van der Waals surface area contributed by atoms with Crippen molar-refractivity contribution in [1.82, 2.24) is 14.7 Å². The summed E-state index contributed by atoms with van der Waals surface area (Å²) in [6.45, 7) is 4.53. The molecule has 1 saturated heterocycles. The van der Waals surface area contributed by atoms with Crippen LogP contribution in [0.5, 0.6) is 5.75 Å². The Labute approximate surface area is 193 Å². The van der Waals surface area contributed by atoms with Gasteiger partial charge in [-0.25, -0.2) is 4.68 Å². The molecule has 0 bridgehead atoms. The van der Waals surface area contributed by atoms with Crippen LogP contribution in [0.2, 0.25) is 0 Å². The summed E-state index contributed by atoms with van der Waals surface area (Å²) in [5.74, 6) is 0.243. The number of hydrogen-bond acceptors (Lipinski definition) is 4. The van der Waals surface area contributed by atoms with E-state index >= 15 is 0 Å². The summed E-state index contributed by atoms with van der Waals surface area (Å²) in [7, 11) is 0. The zero-order chi connectivity index (χ0) is 22.8. The van der Waals surface area contributed by atoms with E-state index in [-0.39, 0.29) is 11.7 Å². The van der Waals surface area contributed by atoms with Gasteiger partial charge >= 0.3 is 0 Å². The maximum atomic E-state index is 13.6. The highest BCUT2D eigenvalue weighted by Gasteiger charge is 2.27. The molecule has 0 aliphatic carbocycles. The van der Waals surface area contributed by atoms with Gasteiger partial charge in [-0.1, -0.05) is 60.2 Å². The molecule has 1 aliphatic rings. The molecule has 33 heavy (non-hydrogen) atoms. The van der Waals surface area contributed by atoms with Gasteiger partial charge in [-0.05, 0) is 31.2 Å². The largest absolute Gasteiger partial charge is 0.506 e. The van der Waals surface area contributed by atoms with Crippen LogP contribution in [0, 0.1) is 6.92 Å². The number of aromatic hydroxyl groups is 1. The second-order valence-electron chi connectivity index (χ2n) is 8.31. The van der Waals surface area contributed by atoms with Crippen LogP contribution in [0.15, 0.2) is 85.1 Å². The van der Waals surface area contributed by atoms with Gasteiger partial charge in [-0.3, -0.25) is 4.79 Å². The molecule has 1 fully saturated rings. The van der Waals surface area contributed by atoms with Gasteiger partial charge in [0, 0.05) is 37.9 Å². The van der Waals surface area contributed by atoms with Gasteiger partial charge in [0.1, 0.15) is 11.4 Å². The molecule has 3 aromatic carbocycles. The van der Waals surface area contributed by atoms with Crippen molar-refractivity contribution in [1.29, 1.82) is 0 Å². The maximum absolute atomic E-state index is 13.6. The lowest BCUT2D eigenvalue weighted by molar-refractivity contribution is 0.0747. The summed E-state index contributed by atoms with van der Waals surface area (Å²) in [5.41, 5.74) is 5.09. The number of anilines is 1. The molecule has 0 saturated carbocycles. The molecule has 4 aromatic rings. The number of nitrogens with zero attached hydrogens (tertiary/aromatic N) is 4. The van der Waals surface area contributed by atoms with Crippen molar-refractivity contribution >= 4 is 11.6 Å². The van der Waals surface area contributed by atoms with Crippen LogP contribution in [0.25, 0.3) is 16.9 Å². The number of carbonyl (C=O) groups is 1. The first kappa shape index (κ1) is 20.8. The second kappa shape index (κ2) is 8.82. The van der Waals surface area contributed by atoms with E-state index in [1.165, 1.54) is 5.56 Å². The number of phenols is 1. The Morgan fingerprint density at radius 3 is 2.21 bits per heavy atom. The zero-order valence-electron chi connectivity index (χ0n) is 18.6. The normalized spacial score (nSPS) is 13.8. The fourth-order valence-electron chi connectivity index (χ4n) is 4.22. The molecular formula is C27H26N4O2. The first-order valence-corrected chi connectivity index (χ1v) is 11.1. The highest BCUT2D eigenvalue weighted by Crippen LogP contribution is 2.29. The topological polar surface area (TPSA) is 61.6 Å². The van der Waals surface area contributed by atoms with Crippen molar-refractivity contribution in [3.8, 4) is 22.7 Å². The lowest BCUT2D eigenvalue weighted by Crippen LogP contribution is -2.48. The number of aryl methyl sites for hydroxylation is 1. The summed E-state index contributed by atoms with van der Waals surface area (Å²) in [4.78, 5) is 17.6. The molecular weight excluding hydrogens is 412 g/mol. The summed E-state index contributed by atoms with van der Waals surface area (Å²) in [6, 6.07) is 25.3. The molecule has 166 valence electrons. The number of benzene rings is 3. The van der Waals surface area contributed by atoms with Crippen LogP contribution in [0.3, 0.4) is 0 Å². The van der Waals surface area contributed by atoms with E-state index in [9.17, 15) is 9.90 Å². The molecule has 1 aromatic heterocycles. The van der Waals surface area contributed by atoms with Gasteiger partial charge in [0.25, 0.3) is 5.91 Å². The Morgan fingerprint density at radius 1 is 0.848 bits per heavy atom. The number of hydrogen-bond donors (Lipinski definition) is 1. The van der Waals surface area contributed by atoms with Crippen LogP contribution in [0.4, 0.5) is 5.69 Å². The SMILES string of the molecule is Cc1ccc(-n2cc(C(=O)N3CCN(c4ccccc4O)CC3)c(-c3ccccc3)n2)cc1. The zero-order valence-corrected chi connectivity index (χ0v) is 18.6. The van der Waals surface area contributed by atoms with Crippen molar-refractivity contribution in [3.63, 3.8) is 0 Å². The first-order valence-electron chi connectivity index (χ1n) is 11.1. The highest BCUT2D eigenvalue weighted by atomic mass is 16.3.